The van der Waals surface area contributed by atoms with Gasteiger partial charge in [-0.3, -0.25) is 0 Å². The first-order valence-corrected chi connectivity index (χ1v) is 6.04. The van der Waals surface area contributed by atoms with Crippen molar-refractivity contribution in [2.24, 2.45) is 5.92 Å². The number of rotatable bonds is 4. The zero-order valence-corrected chi connectivity index (χ0v) is 8.68. The minimum atomic E-state index is -3.09. The molecular weight excluding hydrogens is 186 g/mol. The first kappa shape index (κ1) is 10.6. The molecule has 1 rings (SSSR count). The van der Waals surface area contributed by atoms with Gasteiger partial charge in [-0.15, -0.1) is 6.42 Å². The highest BCUT2D eigenvalue weighted by atomic mass is 32.2. The van der Waals surface area contributed by atoms with E-state index in [4.69, 9.17) is 6.42 Å². The molecule has 0 aromatic rings. The van der Waals surface area contributed by atoms with Gasteiger partial charge in [-0.25, -0.2) is 8.42 Å². The maximum absolute atomic E-state index is 11.6. The molecule has 0 saturated heterocycles. The Kier molecular flexibility index (Phi) is 3.34. The summed E-state index contributed by atoms with van der Waals surface area (Å²) in [5.41, 5.74) is 0. The van der Waals surface area contributed by atoms with Crippen LogP contribution in [0.1, 0.15) is 19.3 Å². The summed E-state index contributed by atoms with van der Waals surface area (Å²) < 4.78 is 24.4. The molecule has 1 fully saturated rings. The molecule has 0 unspecified atom stereocenters. The van der Waals surface area contributed by atoms with Crippen LogP contribution < -0.4 is 0 Å². The monoisotopic (exact) mass is 201 g/mol. The van der Waals surface area contributed by atoms with E-state index in [0.717, 1.165) is 12.8 Å². The summed E-state index contributed by atoms with van der Waals surface area (Å²) in [6.07, 6.45) is 8.30. The standard InChI is InChI=1S/C9H15NO2S/c1-3-7-10(2)13(11,12)8-9-5-4-6-9/h1,9H,4-8H2,2H3. The third-order valence-electron chi connectivity index (χ3n) is 2.46. The van der Waals surface area contributed by atoms with Gasteiger partial charge in [0.15, 0.2) is 0 Å². The lowest BCUT2D eigenvalue weighted by Gasteiger charge is -2.26. The van der Waals surface area contributed by atoms with Crippen molar-refractivity contribution in [1.29, 1.82) is 0 Å². The molecule has 0 amide bonds. The second-order valence-corrected chi connectivity index (χ2v) is 5.66. The van der Waals surface area contributed by atoms with Crippen molar-refractivity contribution in [3.8, 4) is 12.3 Å². The van der Waals surface area contributed by atoms with E-state index in [9.17, 15) is 8.42 Å². The van der Waals surface area contributed by atoms with Gasteiger partial charge in [-0.1, -0.05) is 12.3 Å². The van der Waals surface area contributed by atoms with Crippen molar-refractivity contribution >= 4 is 10.0 Å². The number of terminal acetylenes is 1. The van der Waals surface area contributed by atoms with Crippen molar-refractivity contribution in [1.82, 2.24) is 4.31 Å². The summed E-state index contributed by atoms with van der Waals surface area (Å²) in [7, 11) is -1.56. The molecule has 1 aliphatic carbocycles. The number of hydrogen-bond acceptors (Lipinski definition) is 2. The van der Waals surface area contributed by atoms with Gasteiger partial charge >= 0.3 is 0 Å². The maximum atomic E-state index is 11.6. The lowest BCUT2D eigenvalue weighted by molar-refractivity contribution is 0.341. The fourth-order valence-electron chi connectivity index (χ4n) is 1.31. The minimum absolute atomic E-state index is 0.176. The SMILES string of the molecule is C#CCN(C)S(=O)(=O)CC1CCC1. The van der Waals surface area contributed by atoms with E-state index >= 15 is 0 Å². The third kappa shape index (κ3) is 2.71. The van der Waals surface area contributed by atoms with Gasteiger partial charge in [0.2, 0.25) is 10.0 Å². The van der Waals surface area contributed by atoms with Crippen LogP contribution in [0.15, 0.2) is 0 Å². The van der Waals surface area contributed by atoms with Crippen molar-refractivity contribution in [3.63, 3.8) is 0 Å². The Morgan fingerprint density at radius 1 is 1.54 bits per heavy atom. The van der Waals surface area contributed by atoms with E-state index in [1.165, 1.54) is 17.8 Å². The lowest BCUT2D eigenvalue weighted by Crippen LogP contribution is -2.34. The summed E-state index contributed by atoms with van der Waals surface area (Å²) in [5, 5.41) is 0. The smallest absolute Gasteiger partial charge is 0.212 e. The maximum Gasteiger partial charge on any atom is 0.214 e. The molecule has 0 atom stereocenters. The quantitative estimate of drug-likeness (QED) is 0.627. The molecule has 4 heteroatoms. The molecule has 1 aliphatic rings. The number of hydrogen-bond donors (Lipinski definition) is 0. The highest BCUT2D eigenvalue weighted by Gasteiger charge is 2.26. The largest absolute Gasteiger partial charge is 0.214 e. The predicted octanol–water partition coefficient (Wildman–Crippen LogP) is 0.681. The van der Waals surface area contributed by atoms with Crippen LogP contribution in [-0.2, 0) is 10.0 Å². The van der Waals surface area contributed by atoms with Crippen LogP contribution in [0.5, 0.6) is 0 Å². The molecule has 13 heavy (non-hydrogen) atoms. The first-order valence-electron chi connectivity index (χ1n) is 4.43. The van der Waals surface area contributed by atoms with Crippen LogP contribution >= 0.6 is 0 Å². The van der Waals surface area contributed by atoms with Crippen molar-refractivity contribution in [2.45, 2.75) is 19.3 Å². The molecule has 0 aliphatic heterocycles. The van der Waals surface area contributed by atoms with E-state index in [1.54, 1.807) is 0 Å². The van der Waals surface area contributed by atoms with Crippen LogP contribution in [0.25, 0.3) is 0 Å². The van der Waals surface area contributed by atoms with Crippen LogP contribution in [0, 0.1) is 18.3 Å². The Morgan fingerprint density at radius 2 is 2.15 bits per heavy atom. The Bertz CT molecular complexity index is 298. The van der Waals surface area contributed by atoms with Crippen LogP contribution in [0.4, 0.5) is 0 Å². The van der Waals surface area contributed by atoms with E-state index in [-0.39, 0.29) is 12.3 Å². The second-order valence-electron chi connectivity index (χ2n) is 3.54. The van der Waals surface area contributed by atoms with E-state index < -0.39 is 10.0 Å². The fraction of sp³-hybridized carbons (Fsp3) is 0.778. The third-order valence-corrected chi connectivity index (χ3v) is 4.43. The topological polar surface area (TPSA) is 37.4 Å². The average Bonchev–Trinajstić information content (AvgIpc) is 1.98. The molecule has 0 bridgehead atoms. The number of sulfonamides is 1. The van der Waals surface area contributed by atoms with Gasteiger partial charge in [0.05, 0.1) is 12.3 Å². The molecule has 0 radical (unpaired) electrons. The van der Waals surface area contributed by atoms with Gasteiger partial charge in [0, 0.05) is 7.05 Å². The van der Waals surface area contributed by atoms with Gasteiger partial charge < -0.3 is 0 Å². The molecule has 0 aromatic heterocycles. The highest BCUT2D eigenvalue weighted by Crippen LogP contribution is 2.28. The van der Waals surface area contributed by atoms with Gasteiger partial charge in [0.1, 0.15) is 0 Å². The Balaban J connectivity index is 2.49. The zero-order valence-electron chi connectivity index (χ0n) is 7.86. The molecule has 3 nitrogen and oxygen atoms in total. The summed E-state index contributed by atoms with van der Waals surface area (Å²) in [5.74, 6) is 2.96. The van der Waals surface area contributed by atoms with Crippen molar-refractivity contribution in [2.75, 3.05) is 19.3 Å². The van der Waals surface area contributed by atoms with Crippen molar-refractivity contribution in [3.05, 3.63) is 0 Å². The van der Waals surface area contributed by atoms with Gasteiger partial charge in [-0.05, 0) is 18.8 Å². The normalized spacial score (nSPS) is 18.2. The van der Waals surface area contributed by atoms with E-state index in [2.05, 4.69) is 5.92 Å². The van der Waals surface area contributed by atoms with Crippen LogP contribution in [0.3, 0.4) is 0 Å². The average molecular weight is 201 g/mol. The fourth-order valence-corrected chi connectivity index (χ4v) is 2.77. The highest BCUT2D eigenvalue weighted by molar-refractivity contribution is 7.89. The molecule has 0 spiro atoms. The second kappa shape index (κ2) is 4.12. The molecule has 0 N–H and O–H groups in total. The summed E-state index contributed by atoms with van der Waals surface area (Å²) in [4.78, 5) is 0. The Labute approximate surface area is 80.2 Å². The Hall–Kier alpha value is -0.530. The van der Waals surface area contributed by atoms with E-state index in [0.29, 0.717) is 5.92 Å². The van der Waals surface area contributed by atoms with Gasteiger partial charge in [0.25, 0.3) is 0 Å². The predicted molar refractivity (Wildman–Crippen MR) is 52.6 cm³/mol. The first-order chi connectivity index (χ1) is 6.06. The molecule has 0 heterocycles. The number of nitrogens with zero attached hydrogens (tertiary/aromatic N) is 1. The Morgan fingerprint density at radius 3 is 2.54 bits per heavy atom. The summed E-state index contributed by atoms with van der Waals surface area (Å²) >= 11 is 0. The van der Waals surface area contributed by atoms with E-state index in [1.807, 2.05) is 0 Å². The minimum Gasteiger partial charge on any atom is -0.212 e. The van der Waals surface area contributed by atoms with Crippen LogP contribution in [-0.4, -0.2) is 32.1 Å². The molecule has 0 aromatic carbocycles. The van der Waals surface area contributed by atoms with Crippen molar-refractivity contribution < 1.29 is 8.42 Å². The van der Waals surface area contributed by atoms with Crippen LogP contribution in [0.2, 0.25) is 0 Å². The molecule has 1 saturated carbocycles. The summed E-state index contributed by atoms with van der Waals surface area (Å²) in [6.45, 7) is 0.176. The summed E-state index contributed by atoms with van der Waals surface area (Å²) in [6, 6.07) is 0. The zero-order chi connectivity index (χ0) is 9.90. The molecule has 74 valence electrons. The van der Waals surface area contributed by atoms with Gasteiger partial charge in [-0.2, -0.15) is 4.31 Å². The molecular formula is C9H15NO2S. The lowest BCUT2D eigenvalue weighted by atomic mass is 9.87.